The monoisotopic (exact) mass is 381 g/mol. The maximum absolute atomic E-state index is 13.9. The Hall–Kier alpha value is -1.92. The Kier molecular flexibility index (Phi) is 5.11. The van der Waals surface area contributed by atoms with E-state index in [9.17, 15) is 17.6 Å². The maximum Gasteiger partial charge on any atom is 0.258 e. The van der Waals surface area contributed by atoms with E-state index in [1.165, 1.54) is 23.1 Å². The number of hydrogen-bond donors (Lipinski definition) is 0. The standard InChI is InChI=1S/C18H17ClFNO3S/c19-15-7-4-8-16(20)17(15)18(22)21-11-9-14(10-12-21)25(23,24)13-5-2-1-3-6-13/h1-8,14H,9-12H2. The molecule has 7 heteroatoms. The van der Waals surface area contributed by atoms with Crippen molar-refractivity contribution in [1.82, 2.24) is 4.90 Å². The van der Waals surface area contributed by atoms with Crippen LogP contribution in [-0.2, 0) is 9.84 Å². The van der Waals surface area contributed by atoms with Gasteiger partial charge in [0.2, 0.25) is 0 Å². The lowest BCUT2D eigenvalue weighted by molar-refractivity contribution is 0.0721. The molecule has 0 aromatic heterocycles. The van der Waals surface area contributed by atoms with Crippen LogP contribution in [0.4, 0.5) is 4.39 Å². The topological polar surface area (TPSA) is 54.5 Å². The highest BCUT2D eigenvalue weighted by atomic mass is 35.5. The number of rotatable bonds is 3. The number of sulfone groups is 1. The maximum atomic E-state index is 13.9. The molecule has 0 atom stereocenters. The van der Waals surface area contributed by atoms with Gasteiger partial charge in [-0.15, -0.1) is 0 Å². The van der Waals surface area contributed by atoms with Crippen LogP contribution in [0, 0.1) is 5.82 Å². The van der Waals surface area contributed by atoms with Crippen LogP contribution < -0.4 is 0 Å². The predicted molar refractivity (Wildman–Crippen MR) is 94.0 cm³/mol. The van der Waals surface area contributed by atoms with E-state index in [0.717, 1.165) is 0 Å². The molecule has 0 radical (unpaired) electrons. The number of amides is 1. The zero-order valence-corrected chi connectivity index (χ0v) is 14.9. The lowest BCUT2D eigenvalue weighted by atomic mass is 10.1. The van der Waals surface area contributed by atoms with Crippen LogP contribution in [-0.4, -0.2) is 37.6 Å². The fourth-order valence-corrected chi connectivity index (χ4v) is 5.03. The molecule has 0 bridgehead atoms. The van der Waals surface area contributed by atoms with Crippen molar-refractivity contribution in [2.75, 3.05) is 13.1 Å². The third-order valence-electron chi connectivity index (χ3n) is 4.42. The number of benzene rings is 2. The molecule has 1 amide bonds. The van der Waals surface area contributed by atoms with Gasteiger partial charge in [0.25, 0.3) is 5.91 Å². The summed E-state index contributed by atoms with van der Waals surface area (Å²) >= 11 is 5.94. The summed E-state index contributed by atoms with van der Waals surface area (Å²) in [5, 5.41) is -0.487. The molecule has 0 unspecified atom stereocenters. The van der Waals surface area contributed by atoms with Crippen molar-refractivity contribution >= 4 is 27.3 Å². The Bertz CT molecular complexity index is 858. The van der Waals surface area contributed by atoms with E-state index in [1.807, 2.05) is 0 Å². The van der Waals surface area contributed by atoms with E-state index in [-0.39, 0.29) is 28.6 Å². The van der Waals surface area contributed by atoms with Gasteiger partial charge >= 0.3 is 0 Å². The van der Waals surface area contributed by atoms with Crippen molar-refractivity contribution < 1.29 is 17.6 Å². The molecule has 0 N–H and O–H groups in total. The number of carbonyl (C=O) groups is 1. The van der Waals surface area contributed by atoms with Crippen molar-refractivity contribution in [3.63, 3.8) is 0 Å². The highest BCUT2D eigenvalue weighted by molar-refractivity contribution is 7.92. The molecule has 25 heavy (non-hydrogen) atoms. The summed E-state index contributed by atoms with van der Waals surface area (Å²) in [6.45, 7) is 0.500. The molecule has 1 aliphatic rings. The van der Waals surface area contributed by atoms with Gasteiger partial charge < -0.3 is 4.90 Å². The number of halogens is 2. The minimum Gasteiger partial charge on any atom is -0.338 e. The third kappa shape index (κ3) is 3.55. The van der Waals surface area contributed by atoms with Gasteiger partial charge in [-0.2, -0.15) is 0 Å². The number of piperidine rings is 1. The first kappa shape index (κ1) is 17.9. The van der Waals surface area contributed by atoms with E-state index < -0.39 is 26.8 Å². The van der Waals surface area contributed by atoms with E-state index in [4.69, 9.17) is 11.6 Å². The molecule has 132 valence electrons. The molecular formula is C18H17ClFNO3S. The number of hydrogen-bond acceptors (Lipinski definition) is 3. The second-order valence-corrected chi connectivity index (χ2v) is 8.58. The molecule has 2 aromatic rings. The summed E-state index contributed by atoms with van der Waals surface area (Å²) in [7, 11) is -3.43. The fourth-order valence-electron chi connectivity index (χ4n) is 3.03. The predicted octanol–water partition coefficient (Wildman–Crippen LogP) is 3.56. The molecule has 1 saturated heterocycles. The first-order valence-electron chi connectivity index (χ1n) is 7.93. The molecule has 4 nitrogen and oxygen atoms in total. The molecule has 0 spiro atoms. The summed E-state index contributed by atoms with van der Waals surface area (Å²) in [4.78, 5) is 14.3. The lowest BCUT2D eigenvalue weighted by Crippen LogP contribution is -2.42. The average molecular weight is 382 g/mol. The summed E-state index contributed by atoms with van der Waals surface area (Å²) in [5.41, 5.74) is -0.159. The normalized spacial score (nSPS) is 16.0. The quantitative estimate of drug-likeness (QED) is 0.816. The summed E-state index contributed by atoms with van der Waals surface area (Å²) in [5.74, 6) is -1.17. The van der Waals surface area contributed by atoms with Gasteiger partial charge in [0, 0.05) is 13.1 Å². The van der Waals surface area contributed by atoms with Crippen LogP contribution in [0.5, 0.6) is 0 Å². The van der Waals surface area contributed by atoms with Crippen molar-refractivity contribution in [2.45, 2.75) is 23.0 Å². The molecule has 3 rings (SSSR count). The molecule has 0 aliphatic carbocycles. The molecule has 1 fully saturated rings. The van der Waals surface area contributed by atoms with E-state index in [1.54, 1.807) is 30.3 Å². The Morgan fingerprint density at radius 1 is 1.04 bits per heavy atom. The minimum atomic E-state index is -3.43. The van der Waals surface area contributed by atoms with Gasteiger partial charge in [-0.05, 0) is 37.1 Å². The van der Waals surface area contributed by atoms with Gasteiger partial charge in [0.15, 0.2) is 9.84 Å². The second kappa shape index (κ2) is 7.14. The Labute approximate surface area is 151 Å². The highest BCUT2D eigenvalue weighted by Crippen LogP contribution is 2.27. The average Bonchev–Trinajstić information content (AvgIpc) is 2.62. The number of carbonyl (C=O) groups excluding carboxylic acids is 1. The summed E-state index contributed by atoms with van der Waals surface area (Å²) < 4.78 is 39.2. The minimum absolute atomic E-state index is 0.0593. The SMILES string of the molecule is O=C(c1c(F)cccc1Cl)N1CCC(S(=O)(=O)c2ccccc2)CC1. The van der Waals surface area contributed by atoms with Crippen LogP contribution in [0.25, 0.3) is 0 Å². The fraction of sp³-hybridized carbons (Fsp3) is 0.278. The van der Waals surface area contributed by atoms with Crippen LogP contribution in [0.15, 0.2) is 53.4 Å². The number of likely N-dealkylation sites (tertiary alicyclic amines) is 1. The highest BCUT2D eigenvalue weighted by Gasteiger charge is 2.33. The van der Waals surface area contributed by atoms with Crippen LogP contribution >= 0.6 is 11.6 Å². The van der Waals surface area contributed by atoms with Crippen molar-refractivity contribution in [3.8, 4) is 0 Å². The van der Waals surface area contributed by atoms with Gasteiger partial charge in [0.1, 0.15) is 5.82 Å². The Balaban J connectivity index is 1.73. The molecule has 2 aromatic carbocycles. The van der Waals surface area contributed by atoms with Crippen molar-refractivity contribution in [2.24, 2.45) is 0 Å². The van der Waals surface area contributed by atoms with Crippen molar-refractivity contribution in [3.05, 3.63) is 64.9 Å². The molecule has 1 aliphatic heterocycles. The molecule has 0 saturated carbocycles. The summed E-state index contributed by atoms with van der Waals surface area (Å²) in [6.07, 6.45) is 0.629. The molecule has 1 heterocycles. The van der Waals surface area contributed by atoms with Crippen LogP contribution in [0.1, 0.15) is 23.2 Å². The van der Waals surface area contributed by atoms with Gasteiger partial charge in [0.05, 0.1) is 20.7 Å². The van der Waals surface area contributed by atoms with Gasteiger partial charge in [-0.25, -0.2) is 12.8 Å². The van der Waals surface area contributed by atoms with Crippen LogP contribution in [0.3, 0.4) is 0 Å². The first-order chi connectivity index (χ1) is 11.9. The van der Waals surface area contributed by atoms with Crippen molar-refractivity contribution in [1.29, 1.82) is 0 Å². The Morgan fingerprint density at radius 3 is 2.28 bits per heavy atom. The lowest BCUT2D eigenvalue weighted by Gasteiger charge is -2.32. The van der Waals surface area contributed by atoms with Gasteiger partial charge in [-0.3, -0.25) is 4.79 Å². The molecular weight excluding hydrogens is 365 g/mol. The first-order valence-corrected chi connectivity index (χ1v) is 9.86. The zero-order chi connectivity index (χ0) is 18.0. The summed E-state index contributed by atoms with van der Waals surface area (Å²) in [6, 6.07) is 12.4. The van der Waals surface area contributed by atoms with E-state index in [0.29, 0.717) is 12.8 Å². The van der Waals surface area contributed by atoms with Gasteiger partial charge in [-0.1, -0.05) is 35.9 Å². The number of nitrogens with zero attached hydrogens (tertiary/aromatic N) is 1. The smallest absolute Gasteiger partial charge is 0.258 e. The van der Waals surface area contributed by atoms with Crippen LogP contribution in [0.2, 0.25) is 5.02 Å². The zero-order valence-electron chi connectivity index (χ0n) is 13.4. The Morgan fingerprint density at radius 2 is 1.68 bits per heavy atom. The van der Waals surface area contributed by atoms with E-state index in [2.05, 4.69) is 0 Å². The largest absolute Gasteiger partial charge is 0.338 e. The second-order valence-electron chi connectivity index (χ2n) is 5.95. The van der Waals surface area contributed by atoms with E-state index >= 15 is 0 Å². The third-order valence-corrected chi connectivity index (χ3v) is 7.01.